The zero-order chi connectivity index (χ0) is 41.2. The van der Waals surface area contributed by atoms with Gasteiger partial charge in [0.15, 0.2) is 0 Å². The molecule has 0 spiro atoms. The van der Waals surface area contributed by atoms with E-state index in [0.29, 0.717) is 0 Å². The summed E-state index contributed by atoms with van der Waals surface area (Å²) in [6, 6.07) is 62.6. The first-order chi connectivity index (χ1) is 29.5. The largest absolute Gasteiger partial charge is 0.376 e. The monoisotopic (exact) mass is 800 g/mol. The van der Waals surface area contributed by atoms with Crippen molar-refractivity contribution in [3.8, 4) is 33.4 Å². The van der Waals surface area contributed by atoms with Gasteiger partial charge in [-0.15, -0.1) is 0 Å². The number of rotatable bonds is 2. The van der Waals surface area contributed by atoms with Gasteiger partial charge in [-0.25, -0.2) is 0 Å². The number of para-hydroxylation sites is 2. The van der Waals surface area contributed by atoms with Gasteiger partial charge >= 0.3 is 6.85 Å². The highest BCUT2D eigenvalue weighted by Gasteiger charge is 2.53. The molecule has 8 aromatic carbocycles. The molecule has 292 valence electrons. The molecule has 13 rings (SSSR count). The third-order valence-electron chi connectivity index (χ3n) is 15.1. The lowest BCUT2D eigenvalue weighted by Gasteiger charge is -2.51. The third kappa shape index (κ3) is 4.51. The fraction of sp³-hybridized carbons (Fsp3) is 0.158. The Morgan fingerprint density at radius 3 is 1.87 bits per heavy atom. The Morgan fingerprint density at radius 1 is 0.426 bits per heavy atom. The van der Waals surface area contributed by atoms with Gasteiger partial charge in [0.05, 0.1) is 11.4 Å². The van der Waals surface area contributed by atoms with Crippen LogP contribution >= 0.6 is 11.8 Å². The summed E-state index contributed by atoms with van der Waals surface area (Å²) in [5.74, 6) is 0. The first-order valence-corrected chi connectivity index (χ1v) is 22.6. The van der Waals surface area contributed by atoms with Crippen molar-refractivity contribution < 1.29 is 0 Å². The molecule has 0 radical (unpaired) electrons. The van der Waals surface area contributed by atoms with Gasteiger partial charge in [0.2, 0.25) is 0 Å². The third-order valence-corrected chi connectivity index (χ3v) is 16.2. The molecule has 0 unspecified atom stereocenters. The molecular formula is C57H45BN2S. The van der Waals surface area contributed by atoms with Gasteiger partial charge in [-0.1, -0.05) is 175 Å². The molecule has 0 bridgehead atoms. The van der Waals surface area contributed by atoms with E-state index in [1.807, 2.05) is 11.8 Å². The van der Waals surface area contributed by atoms with Crippen molar-refractivity contribution in [1.29, 1.82) is 0 Å². The average Bonchev–Trinajstić information content (AvgIpc) is 3.51. The average molecular weight is 801 g/mol. The second-order valence-corrected chi connectivity index (χ2v) is 20.4. The van der Waals surface area contributed by atoms with Crippen LogP contribution in [0.3, 0.4) is 0 Å². The van der Waals surface area contributed by atoms with Crippen LogP contribution in [0.2, 0.25) is 0 Å². The Morgan fingerprint density at radius 2 is 1.07 bits per heavy atom. The number of benzene rings is 8. The van der Waals surface area contributed by atoms with Crippen molar-refractivity contribution >= 4 is 58.0 Å². The van der Waals surface area contributed by atoms with Crippen LogP contribution in [0.15, 0.2) is 174 Å². The van der Waals surface area contributed by atoms with Crippen LogP contribution in [0.1, 0.15) is 74.9 Å². The van der Waals surface area contributed by atoms with Crippen molar-refractivity contribution in [2.24, 2.45) is 0 Å². The maximum absolute atomic E-state index is 2.72. The van der Waals surface area contributed by atoms with E-state index in [1.165, 1.54) is 116 Å². The molecule has 2 nitrogen and oxygen atoms in total. The van der Waals surface area contributed by atoms with Crippen LogP contribution in [-0.2, 0) is 16.2 Å². The van der Waals surface area contributed by atoms with E-state index in [0.717, 1.165) is 0 Å². The second-order valence-electron chi connectivity index (χ2n) is 19.3. The summed E-state index contributed by atoms with van der Waals surface area (Å²) in [5.41, 5.74) is 24.8. The predicted molar refractivity (Wildman–Crippen MR) is 258 cm³/mol. The Balaban J connectivity index is 1.19. The van der Waals surface area contributed by atoms with Gasteiger partial charge < -0.3 is 9.71 Å². The van der Waals surface area contributed by atoms with E-state index in [9.17, 15) is 0 Å². The number of fused-ring (bicyclic) bond motifs is 12. The normalized spacial score (nSPS) is 16.9. The van der Waals surface area contributed by atoms with Gasteiger partial charge in [0.25, 0.3) is 0 Å². The zero-order valence-corrected chi connectivity index (χ0v) is 36.3. The summed E-state index contributed by atoms with van der Waals surface area (Å²) in [4.78, 5) is 8.12. The molecule has 0 fully saturated rings. The molecular weight excluding hydrogens is 756 g/mol. The van der Waals surface area contributed by atoms with Crippen LogP contribution in [-0.4, -0.2) is 6.85 Å². The Hall–Kier alpha value is -6.23. The molecule has 0 atom stereocenters. The van der Waals surface area contributed by atoms with Crippen molar-refractivity contribution in [3.63, 3.8) is 0 Å². The fourth-order valence-electron chi connectivity index (χ4n) is 12.0. The SMILES string of the molecule is CC1(C)c2ccccc2Sc2cc3c(cc21)N(c1ccc(-c2ccccc2)cc1)B1c2cccc4c2N(c2ccccc2C4(C)C)c2c1c-3cc1c2-c2ccccc2C1(C)C. The minimum atomic E-state index is -0.198. The standard InChI is InChI=1S/C57H45BN2S/c1-55(2)40-20-11-10-19-37(40)51-45(55)31-39-38-32-50-44(57(5,6)42-22-13-15-26-49(42)61-50)33-48(38)60(36-29-27-35(28-30-36)34-17-8-7-9-18-34)58-46-24-16-23-43-53(46)59(54(51)52(39)58)47-25-14-12-21-41(47)56(43,3)4/h7-33H,1-6H3. The summed E-state index contributed by atoms with van der Waals surface area (Å²) < 4.78 is 0. The van der Waals surface area contributed by atoms with Crippen LogP contribution in [0.25, 0.3) is 33.4 Å². The number of anilines is 5. The minimum Gasteiger partial charge on any atom is -0.376 e. The number of nitrogens with zero attached hydrogens (tertiary/aromatic N) is 2. The molecule has 4 heteroatoms. The molecule has 61 heavy (non-hydrogen) atoms. The summed E-state index contributed by atoms with van der Waals surface area (Å²) in [6.07, 6.45) is 0. The lowest BCUT2D eigenvalue weighted by molar-refractivity contribution is 0.607. The second kappa shape index (κ2) is 12.0. The summed E-state index contributed by atoms with van der Waals surface area (Å²) in [5, 5.41) is 0. The quantitative estimate of drug-likeness (QED) is 0.161. The van der Waals surface area contributed by atoms with Crippen LogP contribution in [0, 0.1) is 0 Å². The van der Waals surface area contributed by atoms with E-state index in [-0.39, 0.29) is 23.1 Å². The highest BCUT2D eigenvalue weighted by atomic mass is 32.2. The van der Waals surface area contributed by atoms with Crippen LogP contribution in [0.5, 0.6) is 0 Å². The Bertz CT molecular complexity index is 3210. The van der Waals surface area contributed by atoms with Gasteiger partial charge in [-0.05, 0) is 109 Å². The lowest BCUT2D eigenvalue weighted by Crippen LogP contribution is -2.62. The van der Waals surface area contributed by atoms with E-state index in [1.54, 1.807) is 0 Å². The molecule has 0 amide bonds. The molecule has 0 saturated heterocycles. The maximum Gasteiger partial charge on any atom is 0.333 e. The van der Waals surface area contributed by atoms with Crippen molar-refractivity contribution in [2.45, 2.75) is 67.6 Å². The van der Waals surface area contributed by atoms with E-state index >= 15 is 0 Å². The van der Waals surface area contributed by atoms with Gasteiger partial charge in [-0.3, -0.25) is 0 Å². The first-order valence-electron chi connectivity index (χ1n) is 21.8. The Kier molecular flexibility index (Phi) is 6.98. The van der Waals surface area contributed by atoms with E-state index in [2.05, 4.69) is 215 Å². The Labute approximate surface area is 364 Å². The molecule has 5 aliphatic rings. The maximum atomic E-state index is 2.72. The van der Waals surface area contributed by atoms with Crippen LogP contribution < -0.4 is 20.6 Å². The summed E-state index contributed by atoms with van der Waals surface area (Å²) in [7, 11) is 0. The molecule has 4 heterocycles. The smallest absolute Gasteiger partial charge is 0.333 e. The number of hydrogen-bond donors (Lipinski definition) is 0. The predicted octanol–water partition coefficient (Wildman–Crippen LogP) is 13.8. The van der Waals surface area contributed by atoms with Gasteiger partial charge in [-0.2, -0.15) is 0 Å². The van der Waals surface area contributed by atoms with Crippen LogP contribution in [0.4, 0.5) is 28.4 Å². The highest BCUT2D eigenvalue weighted by Crippen LogP contribution is 2.62. The molecule has 4 aliphatic heterocycles. The summed E-state index contributed by atoms with van der Waals surface area (Å²) >= 11 is 1.93. The molecule has 0 N–H and O–H groups in total. The van der Waals surface area contributed by atoms with Crippen molar-refractivity contribution in [1.82, 2.24) is 0 Å². The zero-order valence-electron chi connectivity index (χ0n) is 35.5. The van der Waals surface area contributed by atoms with E-state index < -0.39 is 0 Å². The van der Waals surface area contributed by atoms with E-state index in [4.69, 9.17) is 0 Å². The highest BCUT2D eigenvalue weighted by molar-refractivity contribution is 7.99. The first kappa shape index (κ1) is 35.5. The van der Waals surface area contributed by atoms with Crippen molar-refractivity contribution in [3.05, 3.63) is 197 Å². The van der Waals surface area contributed by atoms with Gasteiger partial charge in [0, 0.05) is 54.2 Å². The molecule has 1 aliphatic carbocycles. The minimum absolute atomic E-state index is 0.0711. The molecule has 0 aromatic heterocycles. The molecule has 0 saturated carbocycles. The summed E-state index contributed by atoms with van der Waals surface area (Å²) in [6.45, 7) is 14.5. The lowest BCUT2D eigenvalue weighted by atomic mass is 9.42. The van der Waals surface area contributed by atoms with Crippen molar-refractivity contribution in [2.75, 3.05) is 9.71 Å². The van der Waals surface area contributed by atoms with Gasteiger partial charge in [0.1, 0.15) is 0 Å². The fourth-order valence-corrected chi connectivity index (χ4v) is 13.4. The number of hydrogen-bond acceptors (Lipinski definition) is 3. The molecule has 8 aromatic rings. The topological polar surface area (TPSA) is 6.48 Å².